The molecule has 1 heterocycles. The first-order valence-corrected chi connectivity index (χ1v) is 5.90. The first-order chi connectivity index (χ1) is 9.51. The maximum absolute atomic E-state index is 13.1. The normalized spacial score (nSPS) is 21.2. The van der Waals surface area contributed by atoms with Crippen LogP contribution in [0.3, 0.4) is 0 Å². The molecule has 1 amide bonds. The van der Waals surface area contributed by atoms with Crippen LogP contribution in [0.5, 0.6) is 0 Å². The van der Waals surface area contributed by atoms with Gasteiger partial charge in [-0.2, -0.15) is 5.26 Å². The quantitative estimate of drug-likeness (QED) is 0.867. The Bertz CT molecular complexity index is 597. The fourth-order valence-electron chi connectivity index (χ4n) is 1.92. The average molecular weight is 278 g/mol. The predicted molar refractivity (Wildman–Crippen MR) is 65.3 cm³/mol. The number of carboxylic acids is 1. The van der Waals surface area contributed by atoms with E-state index in [0.717, 1.165) is 6.07 Å². The number of ether oxygens (including phenoxy) is 1. The number of benzene rings is 1. The van der Waals surface area contributed by atoms with Gasteiger partial charge in [-0.05, 0) is 31.0 Å². The molecule has 1 aliphatic rings. The summed E-state index contributed by atoms with van der Waals surface area (Å²) in [5, 5.41) is 19.9. The minimum atomic E-state index is -1.10. The molecular formula is C13H11FN2O4. The Morgan fingerprint density at radius 2 is 2.10 bits per heavy atom. The second kappa shape index (κ2) is 5.67. The highest BCUT2D eigenvalue weighted by molar-refractivity contribution is 5.94. The van der Waals surface area contributed by atoms with Crippen LogP contribution in [-0.2, 0) is 14.3 Å². The number of rotatable bonds is 3. The lowest BCUT2D eigenvalue weighted by Gasteiger charge is -2.12. The number of carbonyl (C=O) groups excluding carboxylic acids is 1. The van der Waals surface area contributed by atoms with Gasteiger partial charge in [0.2, 0.25) is 0 Å². The van der Waals surface area contributed by atoms with Gasteiger partial charge in [0.1, 0.15) is 18.0 Å². The molecule has 7 heteroatoms. The van der Waals surface area contributed by atoms with E-state index in [0.29, 0.717) is 6.42 Å². The maximum Gasteiger partial charge on any atom is 0.332 e. The SMILES string of the molecule is N#Cc1cc(NC(=O)[C@@H]2CC[C@H](C(=O)O)O2)ccc1F. The topological polar surface area (TPSA) is 99.4 Å². The molecule has 1 fully saturated rings. The molecule has 1 aromatic rings. The molecule has 2 atom stereocenters. The van der Waals surface area contributed by atoms with Gasteiger partial charge in [0.25, 0.3) is 5.91 Å². The van der Waals surface area contributed by atoms with Crippen LogP contribution >= 0.6 is 0 Å². The van der Waals surface area contributed by atoms with Crippen LogP contribution in [0.2, 0.25) is 0 Å². The highest BCUT2D eigenvalue weighted by Gasteiger charge is 2.34. The van der Waals surface area contributed by atoms with Gasteiger partial charge in [-0.15, -0.1) is 0 Å². The summed E-state index contributed by atoms with van der Waals surface area (Å²) in [4.78, 5) is 22.6. The number of carboxylic acid groups (broad SMARTS) is 1. The minimum Gasteiger partial charge on any atom is -0.479 e. The van der Waals surface area contributed by atoms with Crippen LogP contribution in [0.15, 0.2) is 18.2 Å². The lowest BCUT2D eigenvalue weighted by atomic mass is 10.1. The van der Waals surface area contributed by atoms with Crippen molar-refractivity contribution in [1.82, 2.24) is 0 Å². The molecule has 20 heavy (non-hydrogen) atoms. The Morgan fingerprint density at radius 1 is 1.40 bits per heavy atom. The molecule has 1 aromatic carbocycles. The van der Waals surface area contributed by atoms with Crippen molar-refractivity contribution in [2.75, 3.05) is 5.32 Å². The number of carbonyl (C=O) groups is 2. The molecule has 1 aliphatic heterocycles. The van der Waals surface area contributed by atoms with Crippen molar-refractivity contribution in [3.8, 4) is 6.07 Å². The minimum absolute atomic E-state index is 0.182. The van der Waals surface area contributed by atoms with Crippen molar-refractivity contribution in [3.63, 3.8) is 0 Å². The first kappa shape index (κ1) is 14.0. The maximum atomic E-state index is 13.1. The fraction of sp³-hybridized carbons (Fsp3) is 0.308. The summed E-state index contributed by atoms with van der Waals surface area (Å²) in [6, 6.07) is 5.26. The lowest BCUT2D eigenvalue weighted by Crippen LogP contribution is -2.29. The van der Waals surface area contributed by atoms with Crippen molar-refractivity contribution in [2.24, 2.45) is 0 Å². The highest BCUT2D eigenvalue weighted by atomic mass is 19.1. The van der Waals surface area contributed by atoms with E-state index in [2.05, 4.69) is 5.32 Å². The van der Waals surface area contributed by atoms with E-state index < -0.39 is 29.9 Å². The molecule has 2 N–H and O–H groups in total. The summed E-state index contributed by atoms with van der Waals surface area (Å²) in [6.45, 7) is 0. The van der Waals surface area contributed by atoms with Crippen molar-refractivity contribution >= 4 is 17.6 Å². The van der Waals surface area contributed by atoms with E-state index in [-0.39, 0.29) is 17.7 Å². The Labute approximate surface area is 113 Å². The third kappa shape index (κ3) is 2.92. The molecule has 6 nitrogen and oxygen atoms in total. The number of hydrogen-bond donors (Lipinski definition) is 2. The molecule has 104 valence electrons. The molecule has 0 unspecified atom stereocenters. The molecule has 0 spiro atoms. The van der Waals surface area contributed by atoms with E-state index >= 15 is 0 Å². The van der Waals surface area contributed by atoms with Crippen molar-refractivity contribution < 1.29 is 23.8 Å². The van der Waals surface area contributed by atoms with Crippen molar-refractivity contribution in [1.29, 1.82) is 5.26 Å². The van der Waals surface area contributed by atoms with Crippen molar-refractivity contribution in [2.45, 2.75) is 25.0 Å². The van der Waals surface area contributed by atoms with Gasteiger partial charge in [-0.1, -0.05) is 0 Å². The smallest absolute Gasteiger partial charge is 0.332 e. The summed E-state index contributed by atoms with van der Waals surface area (Å²) in [6.07, 6.45) is -1.27. The van der Waals surface area contributed by atoms with Gasteiger partial charge < -0.3 is 15.2 Å². The lowest BCUT2D eigenvalue weighted by molar-refractivity contribution is -0.150. The van der Waals surface area contributed by atoms with Crippen LogP contribution in [0, 0.1) is 17.1 Å². The number of nitrogens with zero attached hydrogens (tertiary/aromatic N) is 1. The van der Waals surface area contributed by atoms with E-state index in [9.17, 15) is 14.0 Å². The molecular weight excluding hydrogens is 267 g/mol. The number of halogens is 1. The van der Waals surface area contributed by atoms with Gasteiger partial charge in [-0.3, -0.25) is 4.79 Å². The fourth-order valence-corrected chi connectivity index (χ4v) is 1.92. The van der Waals surface area contributed by atoms with Gasteiger partial charge in [0.05, 0.1) is 5.56 Å². The van der Waals surface area contributed by atoms with E-state index in [4.69, 9.17) is 15.1 Å². The third-order valence-electron chi connectivity index (χ3n) is 2.94. The van der Waals surface area contributed by atoms with Crippen LogP contribution in [0.4, 0.5) is 10.1 Å². The van der Waals surface area contributed by atoms with Crippen LogP contribution in [0.1, 0.15) is 18.4 Å². The number of amides is 1. The molecule has 2 rings (SSSR count). The van der Waals surface area contributed by atoms with E-state index in [1.54, 1.807) is 6.07 Å². The van der Waals surface area contributed by atoms with Gasteiger partial charge in [0.15, 0.2) is 6.10 Å². The van der Waals surface area contributed by atoms with Crippen molar-refractivity contribution in [3.05, 3.63) is 29.6 Å². The number of nitriles is 1. The third-order valence-corrected chi connectivity index (χ3v) is 2.94. The summed E-state index contributed by atoms with van der Waals surface area (Å²) >= 11 is 0. The summed E-state index contributed by atoms with van der Waals surface area (Å²) in [7, 11) is 0. The monoisotopic (exact) mass is 278 g/mol. The van der Waals surface area contributed by atoms with Gasteiger partial charge in [-0.25, -0.2) is 9.18 Å². The summed E-state index contributed by atoms with van der Waals surface area (Å²) in [5.74, 6) is -2.29. The molecule has 0 radical (unpaired) electrons. The van der Waals surface area contributed by atoms with E-state index in [1.807, 2.05) is 0 Å². The predicted octanol–water partition coefficient (Wildman–Crippen LogP) is 1.27. The van der Waals surface area contributed by atoms with Crippen LogP contribution < -0.4 is 5.32 Å². The largest absolute Gasteiger partial charge is 0.479 e. The summed E-state index contributed by atoms with van der Waals surface area (Å²) in [5.41, 5.74) is 0.0777. The van der Waals surface area contributed by atoms with Crippen LogP contribution in [0.25, 0.3) is 0 Å². The number of aliphatic carboxylic acids is 1. The Balaban J connectivity index is 2.02. The Morgan fingerprint density at radius 3 is 2.70 bits per heavy atom. The molecule has 0 aliphatic carbocycles. The first-order valence-electron chi connectivity index (χ1n) is 5.90. The molecule has 1 saturated heterocycles. The Kier molecular flexibility index (Phi) is 3.96. The second-order valence-electron chi connectivity index (χ2n) is 4.32. The average Bonchev–Trinajstić information content (AvgIpc) is 2.91. The molecule has 0 bridgehead atoms. The Hall–Kier alpha value is -2.46. The zero-order valence-corrected chi connectivity index (χ0v) is 10.3. The highest BCUT2D eigenvalue weighted by Crippen LogP contribution is 2.22. The standard InChI is InChI=1S/C13H11FN2O4/c14-9-2-1-8(5-7(9)6-15)16-12(17)10-3-4-11(20-10)13(18)19/h1-2,5,10-11H,3-4H2,(H,16,17)(H,18,19)/t10-,11+/m0/s1. The summed E-state index contributed by atoms with van der Waals surface area (Å²) < 4.78 is 18.2. The molecule has 0 aromatic heterocycles. The zero-order valence-electron chi connectivity index (χ0n) is 10.3. The number of nitrogens with one attached hydrogen (secondary N) is 1. The van der Waals surface area contributed by atoms with Crippen LogP contribution in [-0.4, -0.2) is 29.2 Å². The second-order valence-corrected chi connectivity index (χ2v) is 4.32. The number of hydrogen-bond acceptors (Lipinski definition) is 4. The van der Waals surface area contributed by atoms with E-state index in [1.165, 1.54) is 12.1 Å². The van der Waals surface area contributed by atoms with Gasteiger partial charge in [0, 0.05) is 5.69 Å². The zero-order chi connectivity index (χ0) is 14.7. The van der Waals surface area contributed by atoms with Gasteiger partial charge >= 0.3 is 5.97 Å². The number of anilines is 1. The molecule has 0 saturated carbocycles.